The first kappa shape index (κ1) is 15.5. The van der Waals surface area contributed by atoms with Crippen LogP contribution in [-0.2, 0) is 4.79 Å². The molecule has 0 aliphatic rings. The number of aromatic nitrogens is 1. The van der Waals surface area contributed by atoms with Crippen LogP contribution in [0.15, 0.2) is 59.8 Å². The number of benzene rings is 2. The number of ether oxygens (including phenoxy) is 1. The molecular weight excluding hydrogens is 306 g/mol. The van der Waals surface area contributed by atoms with Crippen molar-refractivity contribution < 1.29 is 14.3 Å². The van der Waals surface area contributed by atoms with E-state index in [0.717, 1.165) is 11.1 Å². The van der Waals surface area contributed by atoms with Crippen molar-refractivity contribution in [2.45, 2.75) is 0 Å². The number of hydrogen-bond acceptors (Lipinski definition) is 4. The summed E-state index contributed by atoms with van der Waals surface area (Å²) in [5.74, 6) is -0.755. The van der Waals surface area contributed by atoms with Crippen LogP contribution in [0.5, 0.6) is 5.75 Å². The lowest BCUT2D eigenvalue weighted by Gasteiger charge is -2.00. The Morgan fingerprint density at radius 1 is 1.17 bits per heavy atom. The molecule has 0 unspecified atom stereocenters. The number of H-pyrrole nitrogens is 1. The Bertz CT molecular complexity index is 928. The number of rotatable bonds is 5. The molecule has 24 heavy (non-hydrogen) atoms. The molecule has 2 N–H and O–H groups in total. The highest BCUT2D eigenvalue weighted by Crippen LogP contribution is 2.18. The first-order chi connectivity index (χ1) is 11.7. The number of nitrogens with one attached hydrogen (secondary N) is 2. The summed E-state index contributed by atoms with van der Waals surface area (Å²) < 4.78 is 5.10. The molecule has 3 aromatic rings. The van der Waals surface area contributed by atoms with Crippen molar-refractivity contribution in [2.24, 2.45) is 5.10 Å². The Balaban J connectivity index is 1.70. The standard InChI is InChI=1S/C18H15N3O3/c1-24-13-6-4-5-12(9-13)10-20-21-18(23)17(22)15-11-19-16-8-3-2-7-14(15)16/h2-11,19H,1H3,(H,21,23)/b20-10+. The maximum absolute atomic E-state index is 12.2. The molecule has 1 amide bonds. The van der Waals surface area contributed by atoms with Crippen LogP contribution in [0.2, 0.25) is 0 Å². The average molecular weight is 321 g/mol. The zero-order valence-electron chi connectivity index (χ0n) is 12.9. The second kappa shape index (κ2) is 6.78. The number of hydrazone groups is 1. The van der Waals surface area contributed by atoms with E-state index < -0.39 is 11.7 Å². The van der Waals surface area contributed by atoms with Gasteiger partial charge < -0.3 is 9.72 Å². The molecule has 0 radical (unpaired) electrons. The van der Waals surface area contributed by atoms with Gasteiger partial charge in [-0.3, -0.25) is 9.59 Å². The van der Waals surface area contributed by atoms with Gasteiger partial charge in [0.1, 0.15) is 5.75 Å². The Morgan fingerprint density at radius 2 is 2.00 bits per heavy atom. The number of amides is 1. The minimum Gasteiger partial charge on any atom is -0.497 e. The van der Waals surface area contributed by atoms with E-state index in [1.54, 1.807) is 37.4 Å². The highest BCUT2D eigenvalue weighted by atomic mass is 16.5. The molecule has 3 rings (SSSR count). The van der Waals surface area contributed by atoms with Crippen LogP contribution >= 0.6 is 0 Å². The second-order valence-electron chi connectivity index (χ2n) is 5.05. The van der Waals surface area contributed by atoms with Gasteiger partial charge in [0.2, 0.25) is 0 Å². The Morgan fingerprint density at radius 3 is 2.83 bits per heavy atom. The summed E-state index contributed by atoms with van der Waals surface area (Å²) in [4.78, 5) is 27.2. The van der Waals surface area contributed by atoms with Crippen molar-refractivity contribution in [1.29, 1.82) is 0 Å². The van der Waals surface area contributed by atoms with Crippen molar-refractivity contribution in [1.82, 2.24) is 10.4 Å². The van der Waals surface area contributed by atoms with Crippen molar-refractivity contribution in [3.05, 3.63) is 65.9 Å². The number of ketones is 1. The van der Waals surface area contributed by atoms with Crippen molar-refractivity contribution in [2.75, 3.05) is 7.11 Å². The van der Waals surface area contributed by atoms with E-state index in [2.05, 4.69) is 15.5 Å². The zero-order chi connectivity index (χ0) is 16.9. The summed E-state index contributed by atoms with van der Waals surface area (Å²) >= 11 is 0. The third kappa shape index (κ3) is 3.17. The predicted molar refractivity (Wildman–Crippen MR) is 91.4 cm³/mol. The molecule has 1 heterocycles. The van der Waals surface area contributed by atoms with Gasteiger partial charge in [-0.1, -0.05) is 30.3 Å². The first-order valence-electron chi connectivity index (χ1n) is 7.27. The Kier molecular flexibility index (Phi) is 4.38. The summed E-state index contributed by atoms with van der Waals surface area (Å²) in [6.45, 7) is 0. The average Bonchev–Trinajstić information content (AvgIpc) is 3.05. The third-order valence-corrected chi connectivity index (χ3v) is 3.51. The topological polar surface area (TPSA) is 83.5 Å². The summed E-state index contributed by atoms with van der Waals surface area (Å²) in [6, 6.07) is 14.5. The first-order valence-corrected chi connectivity index (χ1v) is 7.27. The molecule has 0 fully saturated rings. The van der Waals surface area contributed by atoms with Gasteiger partial charge in [0.05, 0.1) is 18.9 Å². The van der Waals surface area contributed by atoms with E-state index in [-0.39, 0.29) is 0 Å². The second-order valence-corrected chi connectivity index (χ2v) is 5.05. The molecule has 0 saturated heterocycles. The van der Waals surface area contributed by atoms with Crippen molar-refractivity contribution >= 4 is 28.8 Å². The number of Topliss-reactive ketones (excluding diaryl/α,β-unsaturated/α-hetero) is 1. The van der Waals surface area contributed by atoms with Crippen molar-refractivity contribution in [3.8, 4) is 5.75 Å². The van der Waals surface area contributed by atoms with Crippen LogP contribution in [0.25, 0.3) is 10.9 Å². The van der Waals surface area contributed by atoms with Gasteiger partial charge in [0.25, 0.3) is 5.78 Å². The number of hydrogen-bond donors (Lipinski definition) is 2. The number of methoxy groups -OCH3 is 1. The van der Waals surface area contributed by atoms with E-state index in [0.29, 0.717) is 16.7 Å². The molecule has 0 aliphatic carbocycles. The number of carbonyl (C=O) groups excluding carboxylic acids is 2. The lowest BCUT2D eigenvalue weighted by atomic mass is 10.1. The molecule has 0 saturated carbocycles. The molecule has 6 heteroatoms. The fraction of sp³-hybridized carbons (Fsp3) is 0.0556. The van der Waals surface area contributed by atoms with Gasteiger partial charge in [-0.15, -0.1) is 0 Å². The largest absolute Gasteiger partial charge is 0.497 e. The van der Waals surface area contributed by atoms with Gasteiger partial charge in [-0.25, -0.2) is 5.43 Å². The Labute approximate surface area is 138 Å². The highest BCUT2D eigenvalue weighted by molar-refractivity contribution is 6.44. The monoisotopic (exact) mass is 321 g/mol. The molecular formula is C18H15N3O3. The van der Waals surface area contributed by atoms with Crippen LogP contribution in [0.3, 0.4) is 0 Å². The smallest absolute Gasteiger partial charge is 0.312 e. The summed E-state index contributed by atoms with van der Waals surface area (Å²) in [7, 11) is 1.57. The lowest BCUT2D eigenvalue weighted by molar-refractivity contribution is -0.116. The molecule has 0 spiro atoms. The molecule has 2 aromatic carbocycles. The summed E-state index contributed by atoms with van der Waals surface area (Å²) in [5, 5.41) is 4.52. The molecule has 0 atom stereocenters. The van der Waals surface area contributed by atoms with E-state index in [1.165, 1.54) is 12.4 Å². The molecule has 0 aliphatic heterocycles. The number of fused-ring (bicyclic) bond motifs is 1. The van der Waals surface area contributed by atoms with Crippen LogP contribution in [-0.4, -0.2) is 30.0 Å². The fourth-order valence-electron chi connectivity index (χ4n) is 2.32. The van der Waals surface area contributed by atoms with Crippen molar-refractivity contribution in [3.63, 3.8) is 0 Å². The number of nitrogens with zero attached hydrogens (tertiary/aromatic N) is 1. The molecule has 1 aromatic heterocycles. The van der Waals surface area contributed by atoms with E-state index in [1.807, 2.05) is 18.2 Å². The van der Waals surface area contributed by atoms with Gasteiger partial charge in [0.15, 0.2) is 0 Å². The minimum absolute atomic E-state index is 0.319. The third-order valence-electron chi connectivity index (χ3n) is 3.51. The minimum atomic E-state index is -0.793. The predicted octanol–water partition coefficient (Wildman–Crippen LogP) is 2.51. The van der Waals surface area contributed by atoms with Gasteiger partial charge in [-0.2, -0.15) is 5.10 Å². The Hall–Kier alpha value is -3.41. The fourth-order valence-corrected chi connectivity index (χ4v) is 2.32. The van der Waals surface area contributed by atoms with Crippen LogP contribution < -0.4 is 10.2 Å². The van der Waals surface area contributed by atoms with E-state index >= 15 is 0 Å². The van der Waals surface area contributed by atoms with Crippen LogP contribution in [0, 0.1) is 0 Å². The zero-order valence-corrected chi connectivity index (χ0v) is 12.9. The van der Waals surface area contributed by atoms with Gasteiger partial charge in [0, 0.05) is 17.1 Å². The normalized spacial score (nSPS) is 10.9. The molecule has 120 valence electrons. The summed E-state index contributed by atoms with van der Waals surface area (Å²) in [6.07, 6.45) is 2.97. The number of aromatic amines is 1. The number of para-hydroxylation sites is 1. The van der Waals surface area contributed by atoms with Gasteiger partial charge in [-0.05, 0) is 23.8 Å². The van der Waals surface area contributed by atoms with E-state index in [4.69, 9.17) is 4.74 Å². The van der Waals surface area contributed by atoms with E-state index in [9.17, 15) is 9.59 Å². The van der Waals surface area contributed by atoms with Gasteiger partial charge >= 0.3 is 5.91 Å². The number of carbonyl (C=O) groups is 2. The lowest BCUT2D eigenvalue weighted by Crippen LogP contribution is -2.27. The van der Waals surface area contributed by atoms with Crippen LogP contribution in [0.4, 0.5) is 0 Å². The maximum atomic E-state index is 12.2. The quantitative estimate of drug-likeness (QED) is 0.328. The summed E-state index contributed by atoms with van der Waals surface area (Å²) in [5.41, 5.74) is 4.11. The SMILES string of the molecule is COc1cccc(/C=N/NC(=O)C(=O)c2c[nH]c3ccccc23)c1. The molecule has 0 bridgehead atoms. The highest BCUT2D eigenvalue weighted by Gasteiger charge is 2.19. The maximum Gasteiger partial charge on any atom is 0.312 e. The van der Waals surface area contributed by atoms with Crippen LogP contribution in [0.1, 0.15) is 15.9 Å². The molecule has 6 nitrogen and oxygen atoms in total.